The van der Waals surface area contributed by atoms with E-state index in [-0.39, 0.29) is 5.82 Å². The van der Waals surface area contributed by atoms with Gasteiger partial charge in [0.2, 0.25) is 0 Å². The fraction of sp³-hybridized carbons (Fsp3) is 0.357. The molecular weight excluding hydrogens is 229 g/mol. The summed E-state index contributed by atoms with van der Waals surface area (Å²) in [4.78, 5) is 0. The van der Waals surface area contributed by atoms with E-state index in [1.165, 1.54) is 6.07 Å². The van der Waals surface area contributed by atoms with Crippen LogP contribution in [0.2, 0.25) is 0 Å². The Hall–Kier alpha value is -1.68. The van der Waals surface area contributed by atoms with Crippen molar-refractivity contribution in [2.75, 3.05) is 6.54 Å². The van der Waals surface area contributed by atoms with Gasteiger partial charge in [0.1, 0.15) is 11.5 Å². The van der Waals surface area contributed by atoms with Gasteiger partial charge in [-0.25, -0.2) is 9.07 Å². The monoisotopic (exact) mass is 247 g/mol. The third-order valence-electron chi connectivity index (χ3n) is 2.89. The van der Waals surface area contributed by atoms with Gasteiger partial charge >= 0.3 is 0 Å². The zero-order valence-electron chi connectivity index (χ0n) is 10.7. The average molecular weight is 247 g/mol. The molecule has 0 aliphatic heterocycles. The summed E-state index contributed by atoms with van der Waals surface area (Å²) in [6, 6.07) is 7.08. The van der Waals surface area contributed by atoms with Crippen molar-refractivity contribution < 1.29 is 4.39 Å². The predicted molar refractivity (Wildman–Crippen MR) is 70.4 cm³/mol. The van der Waals surface area contributed by atoms with Crippen molar-refractivity contribution in [2.45, 2.75) is 26.2 Å². The third kappa shape index (κ3) is 2.59. The summed E-state index contributed by atoms with van der Waals surface area (Å²) < 4.78 is 15.5. The van der Waals surface area contributed by atoms with Crippen molar-refractivity contribution >= 4 is 0 Å². The molecule has 0 aliphatic rings. The lowest BCUT2D eigenvalue weighted by Gasteiger charge is -2.06. The Morgan fingerprint density at radius 1 is 1.33 bits per heavy atom. The SMILES string of the molecule is CC(C)c1ccn(-c2ccc(CCN)cc2F)n1. The van der Waals surface area contributed by atoms with Gasteiger partial charge in [-0.3, -0.25) is 0 Å². The first-order valence-electron chi connectivity index (χ1n) is 6.16. The molecule has 3 nitrogen and oxygen atoms in total. The molecule has 0 unspecified atom stereocenters. The zero-order chi connectivity index (χ0) is 13.1. The summed E-state index contributed by atoms with van der Waals surface area (Å²) in [5.41, 5.74) is 7.80. The number of nitrogens with two attached hydrogens (primary N) is 1. The molecule has 0 bridgehead atoms. The Labute approximate surface area is 106 Å². The highest BCUT2D eigenvalue weighted by Crippen LogP contribution is 2.17. The van der Waals surface area contributed by atoms with Crippen LogP contribution < -0.4 is 5.73 Å². The number of halogens is 1. The first-order valence-corrected chi connectivity index (χ1v) is 6.16. The average Bonchev–Trinajstić information content (AvgIpc) is 2.79. The van der Waals surface area contributed by atoms with E-state index >= 15 is 0 Å². The molecule has 18 heavy (non-hydrogen) atoms. The quantitative estimate of drug-likeness (QED) is 0.902. The summed E-state index contributed by atoms with van der Waals surface area (Å²) in [5.74, 6) is 0.0742. The highest BCUT2D eigenvalue weighted by Gasteiger charge is 2.09. The van der Waals surface area contributed by atoms with Crippen LogP contribution in [0.1, 0.15) is 31.0 Å². The van der Waals surface area contributed by atoms with Crippen LogP contribution in [0.5, 0.6) is 0 Å². The van der Waals surface area contributed by atoms with Gasteiger partial charge in [-0.05, 0) is 42.6 Å². The van der Waals surface area contributed by atoms with Crippen LogP contribution >= 0.6 is 0 Å². The van der Waals surface area contributed by atoms with Crippen LogP contribution in [0, 0.1) is 5.82 Å². The van der Waals surface area contributed by atoms with Gasteiger partial charge in [-0.2, -0.15) is 5.10 Å². The van der Waals surface area contributed by atoms with Gasteiger partial charge in [0, 0.05) is 6.20 Å². The number of hydrogen-bond donors (Lipinski definition) is 1. The highest BCUT2D eigenvalue weighted by molar-refractivity contribution is 5.36. The molecule has 0 aliphatic carbocycles. The van der Waals surface area contributed by atoms with Crippen LogP contribution in [0.4, 0.5) is 4.39 Å². The Morgan fingerprint density at radius 2 is 2.11 bits per heavy atom. The van der Waals surface area contributed by atoms with E-state index in [2.05, 4.69) is 18.9 Å². The standard InChI is InChI=1S/C14H18FN3/c1-10(2)13-6-8-18(17-13)14-4-3-11(5-7-16)9-12(14)15/h3-4,6,8-10H,5,7,16H2,1-2H3. The fourth-order valence-electron chi connectivity index (χ4n) is 1.84. The fourth-order valence-corrected chi connectivity index (χ4v) is 1.84. The summed E-state index contributed by atoms with van der Waals surface area (Å²) in [6.45, 7) is 4.65. The molecule has 1 aromatic heterocycles. The van der Waals surface area contributed by atoms with Crippen LogP contribution in [0.3, 0.4) is 0 Å². The summed E-state index contributed by atoms with van der Waals surface area (Å²) in [7, 11) is 0. The van der Waals surface area contributed by atoms with Crippen molar-refractivity contribution in [3.8, 4) is 5.69 Å². The number of aromatic nitrogens is 2. The summed E-state index contributed by atoms with van der Waals surface area (Å²) in [5, 5.41) is 4.37. The molecule has 0 fully saturated rings. The first-order chi connectivity index (χ1) is 8.61. The van der Waals surface area contributed by atoms with Gasteiger partial charge in [-0.15, -0.1) is 0 Å². The Morgan fingerprint density at radius 3 is 2.67 bits per heavy atom. The largest absolute Gasteiger partial charge is 0.330 e. The molecule has 0 radical (unpaired) electrons. The molecule has 2 aromatic rings. The van der Waals surface area contributed by atoms with Crippen LogP contribution in [-0.2, 0) is 6.42 Å². The maximum absolute atomic E-state index is 14.0. The Kier molecular flexibility index (Phi) is 3.77. The summed E-state index contributed by atoms with van der Waals surface area (Å²) >= 11 is 0. The molecule has 1 aromatic carbocycles. The second-order valence-corrected chi connectivity index (χ2v) is 4.66. The zero-order valence-corrected chi connectivity index (χ0v) is 10.7. The van der Waals surface area contributed by atoms with E-state index in [1.54, 1.807) is 16.9 Å². The van der Waals surface area contributed by atoms with E-state index in [0.29, 0.717) is 24.6 Å². The van der Waals surface area contributed by atoms with Gasteiger partial charge in [0.25, 0.3) is 0 Å². The molecule has 96 valence electrons. The number of rotatable bonds is 4. The van der Waals surface area contributed by atoms with Crippen molar-refractivity contribution in [1.82, 2.24) is 9.78 Å². The van der Waals surface area contributed by atoms with E-state index in [0.717, 1.165) is 11.3 Å². The Bertz CT molecular complexity index is 532. The van der Waals surface area contributed by atoms with Gasteiger partial charge in [-0.1, -0.05) is 19.9 Å². The topological polar surface area (TPSA) is 43.8 Å². The first kappa shape index (κ1) is 12.8. The number of nitrogens with zero attached hydrogens (tertiary/aromatic N) is 2. The second-order valence-electron chi connectivity index (χ2n) is 4.66. The van der Waals surface area contributed by atoms with Crippen molar-refractivity contribution in [2.24, 2.45) is 5.73 Å². The van der Waals surface area contributed by atoms with Crippen LogP contribution in [-0.4, -0.2) is 16.3 Å². The van der Waals surface area contributed by atoms with Crippen LogP contribution in [0.15, 0.2) is 30.5 Å². The molecule has 0 atom stereocenters. The summed E-state index contributed by atoms with van der Waals surface area (Å²) in [6.07, 6.45) is 2.48. The third-order valence-corrected chi connectivity index (χ3v) is 2.89. The lowest BCUT2D eigenvalue weighted by molar-refractivity contribution is 0.606. The minimum atomic E-state index is -0.264. The van der Waals surface area contributed by atoms with E-state index < -0.39 is 0 Å². The molecule has 0 spiro atoms. The minimum absolute atomic E-state index is 0.264. The van der Waals surface area contributed by atoms with E-state index in [4.69, 9.17) is 5.73 Å². The molecule has 1 heterocycles. The normalized spacial score (nSPS) is 11.2. The van der Waals surface area contributed by atoms with E-state index in [1.807, 2.05) is 12.1 Å². The second kappa shape index (κ2) is 5.31. The molecule has 2 N–H and O–H groups in total. The van der Waals surface area contributed by atoms with Gasteiger partial charge in [0.15, 0.2) is 0 Å². The van der Waals surface area contributed by atoms with Crippen molar-refractivity contribution in [1.29, 1.82) is 0 Å². The number of hydrogen-bond acceptors (Lipinski definition) is 2. The van der Waals surface area contributed by atoms with Crippen LogP contribution in [0.25, 0.3) is 5.69 Å². The van der Waals surface area contributed by atoms with Crippen molar-refractivity contribution in [3.05, 3.63) is 47.5 Å². The lowest BCUT2D eigenvalue weighted by Crippen LogP contribution is -2.05. The predicted octanol–water partition coefficient (Wildman–Crippen LogP) is 2.64. The van der Waals surface area contributed by atoms with Gasteiger partial charge < -0.3 is 5.73 Å². The van der Waals surface area contributed by atoms with Gasteiger partial charge in [0.05, 0.1) is 5.69 Å². The highest BCUT2D eigenvalue weighted by atomic mass is 19.1. The molecule has 2 rings (SSSR count). The minimum Gasteiger partial charge on any atom is -0.330 e. The maximum Gasteiger partial charge on any atom is 0.149 e. The number of benzene rings is 1. The maximum atomic E-state index is 14.0. The Balaban J connectivity index is 2.32. The lowest BCUT2D eigenvalue weighted by atomic mass is 10.1. The van der Waals surface area contributed by atoms with E-state index in [9.17, 15) is 4.39 Å². The smallest absolute Gasteiger partial charge is 0.149 e. The molecule has 4 heteroatoms. The molecule has 0 amide bonds. The molecule has 0 saturated carbocycles. The molecule has 0 saturated heterocycles. The molecular formula is C14H18FN3. The van der Waals surface area contributed by atoms with Crippen molar-refractivity contribution in [3.63, 3.8) is 0 Å².